The Balaban J connectivity index is 1.76. The van der Waals surface area contributed by atoms with Gasteiger partial charge in [0.15, 0.2) is 11.5 Å². The first-order chi connectivity index (χ1) is 8.93. The van der Waals surface area contributed by atoms with Crippen molar-refractivity contribution in [3.05, 3.63) is 16.0 Å². The molecule has 1 unspecified atom stereocenters. The molecular weight excluding hydrogens is 272 g/mol. The molecule has 96 valence electrons. The second-order valence-corrected chi connectivity index (χ2v) is 6.08. The van der Waals surface area contributed by atoms with Crippen LogP contribution in [-0.4, -0.2) is 38.3 Å². The minimum absolute atomic E-state index is 0.112. The highest BCUT2D eigenvalue weighted by molar-refractivity contribution is 8.08. The quantitative estimate of drug-likeness (QED) is 0.791. The fraction of sp³-hybridized carbons (Fsp3) is 0.500. The molecule has 3 aliphatic rings. The van der Waals surface area contributed by atoms with Crippen molar-refractivity contribution in [2.24, 2.45) is 0 Å². The van der Waals surface area contributed by atoms with Gasteiger partial charge in [-0.3, -0.25) is 0 Å². The Morgan fingerprint density at radius 3 is 2.94 bits per heavy atom. The summed E-state index contributed by atoms with van der Waals surface area (Å²) < 4.78 is 22.8. The Bertz CT molecular complexity index is 508. The molecule has 0 spiro atoms. The third-order valence-electron chi connectivity index (χ3n) is 3.06. The van der Waals surface area contributed by atoms with Crippen LogP contribution < -0.4 is 9.47 Å². The highest BCUT2D eigenvalue weighted by Gasteiger charge is 2.35. The summed E-state index contributed by atoms with van der Waals surface area (Å²) in [6.07, 6.45) is 0.112. The zero-order chi connectivity index (χ0) is 11.9. The van der Waals surface area contributed by atoms with Gasteiger partial charge < -0.3 is 18.9 Å². The maximum atomic E-state index is 5.77. The zero-order valence-corrected chi connectivity index (χ0v) is 11.3. The summed E-state index contributed by atoms with van der Waals surface area (Å²) in [5.74, 6) is 3.63. The van der Waals surface area contributed by atoms with Crippen molar-refractivity contribution in [3.63, 3.8) is 0 Å². The Morgan fingerprint density at radius 1 is 1.06 bits per heavy atom. The van der Waals surface area contributed by atoms with E-state index < -0.39 is 0 Å². The fourth-order valence-corrected chi connectivity index (χ4v) is 4.59. The number of thiophene rings is 1. The first-order valence-corrected chi connectivity index (χ1v) is 7.79. The van der Waals surface area contributed by atoms with E-state index in [2.05, 4.69) is 0 Å². The van der Waals surface area contributed by atoms with Gasteiger partial charge in [0.2, 0.25) is 0 Å². The highest BCUT2D eigenvalue weighted by atomic mass is 32.2. The van der Waals surface area contributed by atoms with E-state index in [4.69, 9.17) is 18.9 Å². The number of hydrogen-bond acceptors (Lipinski definition) is 6. The summed E-state index contributed by atoms with van der Waals surface area (Å²) in [6.45, 7) is 2.57. The fourth-order valence-electron chi connectivity index (χ4n) is 2.27. The van der Waals surface area contributed by atoms with E-state index in [1.165, 1.54) is 0 Å². The van der Waals surface area contributed by atoms with Gasteiger partial charge in [0.05, 0.1) is 16.4 Å². The van der Waals surface area contributed by atoms with E-state index in [1.54, 1.807) is 23.1 Å². The lowest BCUT2D eigenvalue weighted by atomic mass is 10.2. The summed E-state index contributed by atoms with van der Waals surface area (Å²) in [5, 5.41) is 2.01. The van der Waals surface area contributed by atoms with Crippen LogP contribution in [0.25, 0.3) is 4.91 Å². The van der Waals surface area contributed by atoms with E-state index >= 15 is 0 Å². The molecule has 4 heterocycles. The molecule has 0 amide bonds. The largest absolute Gasteiger partial charge is 0.491 e. The smallest absolute Gasteiger partial charge is 0.180 e. The van der Waals surface area contributed by atoms with Crippen molar-refractivity contribution in [1.29, 1.82) is 0 Å². The standard InChI is InChI=1S/C12H12O4S2/c1-3-15-9-7(13-1)5-17-11(9)12-10-8(6-18-12)14-2-4-16-10/h5,8H,1-4,6H2. The summed E-state index contributed by atoms with van der Waals surface area (Å²) >= 11 is 3.44. The molecule has 4 nitrogen and oxygen atoms in total. The number of thioether (sulfide) groups is 1. The summed E-state index contributed by atoms with van der Waals surface area (Å²) in [6, 6.07) is 0. The first kappa shape index (κ1) is 11.0. The minimum atomic E-state index is 0.112. The second kappa shape index (κ2) is 4.36. The SMILES string of the molecule is c1sc(C2=C3OCCOC3CS2)c2c1OCCO2. The summed E-state index contributed by atoms with van der Waals surface area (Å²) in [4.78, 5) is 2.29. The van der Waals surface area contributed by atoms with E-state index in [0.717, 1.165) is 32.8 Å². The average Bonchev–Trinajstić information content (AvgIpc) is 3.01. The van der Waals surface area contributed by atoms with Crippen LogP contribution in [0.3, 0.4) is 0 Å². The third-order valence-corrected chi connectivity index (χ3v) is 5.31. The predicted molar refractivity (Wildman–Crippen MR) is 70.4 cm³/mol. The predicted octanol–water partition coefficient (Wildman–Crippen LogP) is 2.35. The second-order valence-electron chi connectivity index (χ2n) is 4.17. The van der Waals surface area contributed by atoms with Gasteiger partial charge in [-0.15, -0.1) is 23.1 Å². The van der Waals surface area contributed by atoms with Crippen LogP contribution in [0.2, 0.25) is 0 Å². The molecule has 1 atom stereocenters. The number of rotatable bonds is 1. The Kier molecular flexibility index (Phi) is 2.67. The first-order valence-electron chi connectivity index (χ1n) is 5.92. The monoisotopic (exact) mass is 284 g/mol. The Labute approximate surface area is 113 Å². The molecule has 6 heteroatoms. The molecule has 4 rings (SSSR count). The van der Waals surface area contributed by atoms with Gasteiger partial charge in [0, 0.05) is 11.1 Å². The average molecular weight is 284 g/mol. The summed E-state index contributed by atoms with van der Waals surface area (Å²) in [7, 11) is 0. The lowest BCUT2D eigenvalue weighted by molar-refractivity contribution is -0.0282. The minimum Gasteiger partial charge on any atom is -0.491 e. The molecule has 0 aromatic carbocycles. The molecule has 0 radical (unpaired) electrons. The zero-order valence-electron chi connectivity index (χ0n) is 9.64. The maximum absolute atomic E-state index is 5.77. The normalized spacial score (nSPS) is 25.9. The van der Waals surface area contributed by atoms with Gasteiger partial charge >= 0.3 is 0 Å². The van der Waals surface area contributed by atoms with Crippen molar-refractivity contribution >= 4 is 28.0 Å². The Hall–Kier alpha value is -0.850. The molecule has 3 aliphatic heterocycles. The lowest BCUT2D eigenvalue weighted by Crippen LogP contribution is -2.26. The van der Waals surface area contributed by atoms with Gasteiger partial charge in [-0.1, -0.05) is 0 Å². The van der Waals surface area contributed by atoms with Crippen LogP contribution in [0.15, 0.2) is 11.1 Å². The van der Waals surface area contributed by atoms with E-state index in [1.807, 2.05) is 5.38 Å². The molecular formula is C12H12O4S2. The molecule has 0 bridgehead atoms. The van der Waals surface area contributed by atoms with Crippen LogP contribution in [0.4, 0.5) is 0 Å². The van der Waals surface area contributed by atoms with E-state index in [-0.39, 0.29) is 6.10 Å². The lowest BCUT2D eigenvalue weighted by Gasteiger charge is -2.22. The van der Waals surface area contributed by atoms with Gasteiger partial charge in [-0.05, 0) is 0 Å². The summed E-state index contributed by atoms with van der Waals surface area (Å²) in [5.41, 5.74) is 0. The van der Waals surface area contributed by atoms with Crippen LogP contribution >= 0.6 is 23.1 Å². The van der Waals surface area contributed by atoms with E-state index in [0.29, 0.717) is 26.4 Å². The topological polar surface area (TPSA) is 36.9 Å². The van der Waals surface area contributed by atoms with Gasteiger partial charge in [0.25, 0.3) is 0 Å². The van der Waals surface area contributed by atoms with Crippen LogP contribution in [0.1, 0.15) is 4.88 Å². The molecule has 0 saturated carbocycles. The van der Waals surface area contributed by atoms with Gasteiger partial charge in [-0.25, -0.2) is 0 Å². The molecule has 18 heavy (non-hydrogen) atoms. The van der Waals surface area contributed by atoms with E-state index in [9.17, 15) is 0 Å². The molecule has 1 saturated heterocycles. The van der Waals surface area contributed by atoms with Crippen molar-refractivity contribution < 1.29 is 18.9 Å². The molecule has 1 aromatic rings. The van der Waals surface area contributed by atoms with Crippen LogP contribution in [-0.2, 0) is 9.47 Å². The highest BCUT2D eigenvalue weighted by Crippen LogP contribution is 2.51. The van der Waals surface area contributed by atoms with Crippen molar-refractivity contribution in [2.75, 3.05) is 32.2 Å². The van der Waals surface area contributed by atoms with Crippen molar-refractivity contribution in [2.45, 2.75) is 6.10 Å². The number of hydrogen-bond donors (Lipinski definition) is 0. The van der Waals surface area contributed by atoms with Crippen LogP contribution in [0.5, 0.6) is 11.5 Å². The molecule has 0 N–H and O–H groups in total. The van der Waals surface area contributed by atoms with Crippen molar-refractivity contribution in [3.8, 4) is 11.5 Å². The molecule has 1 fully saturated rings. The molecule has 0 aliphatic carbocycles. The number of ether oxygens (including phenoxy) is 4. The van der Waals surface area contributed by atoms with Crippen molar-refractivity contribution in [1.82, 2.24) is 0 Å². The van der Waals surface area contributed by atoms with Gasteiger partial charge in [0.1, 0.15) is 31.7 Å². The maximum Gasteiger partial charge on any atom is 0.180 e. The number of fused-ring (bicyclic) bond motifs is 2. The Morgan fingerprint density at radius 2 is 1.94 bits per heavy atom. The van der Waals surface area contributed by atoms with Crippen LogP contribution in [0, 0.1) is 0 Å². The third kappa shape index (κ3) is 1.63. The molecule has 1 aromatic heterocycles. The van der Waals surface area contributed by atoms with Gasteiger partial charge in [-0.2, -0.15) is 0 Å².